The van der Waals surface area contributed by atoms with Crippen molar-refractivity contribution in [2.45, 2.75) is 19.3 Å². The molecule has 98 valence electrons. The van der Waals surface area contributed by atoms with E-state index in [-0.39, 0.29) is 5.91 Å². The zero-order valence-corrected chi connectivity index (χ0v) is 11.6. The molecule has 0 radical (unpaired) electrons. The van der Waals surface area contributed by atoms with Gasteiger partial charge in [0, 0.05) is 26.2 Å². The van der Waals surface area contributed by atoms with Gasteiger partial charge in [0.1, 0.15) is 0 Å². The van der Waals surface area contributed by atoms with Gasteiger partial charge < -0.3 is 10.2 Å². The minimum absolute atomic E-state index is 0.00152. The summed E-state index contributed by atoms with van der Waals surface area (Å²) in [5.74, 6) is 0.757. The fourth-order valence-corrected chi connectivity index (χ4v) is 2.19. The van der Waals surface area contributed by atoms with Crippen LogP contribution in [0.5, 0.6) is 0 Å². The van der Waals surface area contributed by atoms with Crippen molar-refractivity contribution in [3.05, 3.63) is 28.8 Å². The maximum Gasteiger partial charge on any atom is 0.253 e. The number of carbonyl (C=O) groups is 1. The number of hydrogen-bond acceptors (Lipinski definition) is 2. The van der Waals surface area contributed by atoms with Crippen LogP contribution in [0, 0.1) is 5.92 Å². The van der Waals surface area contributed by atoms with Crippen molar-refractivity contribution in [3.63, 3.8) is 0 Å². The molecule has 1 aromatic rings. The Bertz CT molecular complexity index is 441. The van der Waals surface area contributed by atoms with Crippen LogP contribution >= 0.6 is 11.6 Å². The quantitative estimate of drug-likeness (QED) is 0.907. The smallest absolute Gasteiger partial charge is 0.253 e. The van der Waals surface area contributed by atoms with Gasteiger partial charge in [0.25, 0.3) is 5.91 Å². The molecule has 1 aromatic carbocycles. The lowest BCUT2D eigenvalue weighted by Gasteiger charge is -2.26. The number of amides is 1. The first kappa shape index (κ1) is 13.2. The topological polar surface area (TPSA) is 32.3 Å². The summed E-state index contributed by atoms with van der Waals surface area (Å²) in [6.45, 7) is 0.944. The Balaban J connectivity index is 2.07. The average molecular weight is 267 g/mol. The molecule has 1 amide bonds. The molecule has 3 nitrogen and oxygen atoms in total. The molecule has 1 aliphatic carbocycles. The summed E-state index contributed by atoms with van der Waals surface area (Å²) in [6.07, 6.45) is 3.92. The molecule has 18 heavy (non-hydrogen) atoms. The van der Waals surface area contributed by atoms with Gasteiger partial charge in [-0.05, 0) is 37.0 Å². The second-order valence-electron chi connectivity index (χ2n) is 5.07. The molecule has 1 saturated carbocycles. The fourth-order valence-electron chi connectivity index (χ4n) is 2.00. The van der Waals surface area contributed by atoms with Gasteiger partial charge in [-0.2, -0.15) is 0 Å². The second-order valence-corrected chi connectivity index (χ2v) is 5.48. The van der Waals surface area contributed by atoms with E-state index in [0.29, 0.717) is 10.6 Å². The van der Waals surface area contributed by atoms with Gasteiger partial charge in [0.05, 0.1) is 10.7 Å². The number of nitrogens with one attached hydrogen (secondary N) is 1. The Morgan fingerprint density at radius 2 is 2.17 bits per heavy atom. The summed E-state index contributed by atoms with van der Waals surface area (Å²) in [7, 11) is 3.50. The SMILES string of the molecule is CN(C)C(=O)c1ccc(Cl)c(NCC2CCC2)c1. The Kier molecular flexibility index (Phi) is 4.12. The maximum atomic E-state index is 11.9. The lowest BCUT2D eigenvalue weighted by atomic mass is 9.85. The van der Waals surface area contributed by atoms with Crippen molar-refractivity contribution >= 4 is 23.2 Å². The Labute approximate surface area is 113 Å². The van der Waals surface area contributed by atoms with E-state index < -0.39 is 0 Å². The predicted octanol–water partition coefficient (Wildman–Crippen LogP) is 3.25. The third-order valence-electron chi connectivity index (χ3n) is 3.43. The molecule has 1 N–H and O–H groups in total. The minimum Gasteiger partial charge on any atom is -0.384 e. The average Bonchev–Trinajstić information content (AvgIpc) is 2.28. The van der Waals surface area contributed by atoms with Crippen molar-refractivity contribution in [2.24, 2.45) is 5.92 Å². The molecule has 0 saturated heterocycles. The third-order valence-corrected chi connectivity index (χ3v) is 3.76. The summed E-state index contributed by atoms with van der Waals surface area (Å²) in [5, 5.41) is 4.02. The van der Waals surface area contributed by atoms with Crippen LogP contribution in [-0.4, -0.2) is 31.4 Å². The molecule has 0 atom stereocenters. The summed E-state index contributed by atoms with van der Waals surface area (Å²) in [4.78, 5) is 13.4. The van der Waals surface area contributed by atoms with Crippen molar-refractivity contribution in [1.29, 1.82) is 0 Å². The van der Waals surface area contributed by atoms with Crippen molar-refractivity contribution in [3.8, 4) is 0 Å². The van der Waals surface area contributed by atoms with E-state index in [0.717, 1.165) is 18.2 Å². The highest BCUT2D eigenvalue weighted by molar-refractivity contribution is 6.33. The maximum absolute atomic E-state index is 11.9. The first-order chi connectivity index (χ1) is 8.58. The van der Waals surface area contributed by atoms with Crippen molar-refractivity contribution in [2.75, 3.05) is 26.0 Å². The molecule has 1 fully saturated rings. The molecule has 1 aliphatic rings. The van der Waals surface area contributed by atoms with Crippen LogP contribution in [0.4, 0.5) is 5.69 Å². The van der Waals surface area contributed by atoms with Gasteiger partial charge in [-0.15, -0.1) is 0 Å². The molecule has 0 spiro atoms. The summed E-state index contributed by atoms with van der Waals surface area (Å²) < 4.78 is 0. The van der Waals surface area contributed by atoms with Crippen LogP contribution in [0.1, 0.15) is 29.6 Å². The fraction of sp³-hybridized carbons (Fsp3) is 0.500. The third kappa shape index (κ3) is 2.96. The van der Waals surface area contributed by atoms with E-state index in [1.165, 1.54) is 19.3 Å². The molecule has 0 unspecified atom stereocenters. The number of halogens is 1. The number of rotatable bonds is 4. The van der Waals surface area contributed by atoms with E-state index in [9.17, 15) is 4.79 Å². The molecule has 0 aromatic heterocycles. The van der Waals surface area contributed by atoms with Crippen LogP contribution < -0.4 is 5.32 Å². The predicted molar refractivity (Wildman–Crippen MR) is 75.3 cm³/mol. The monoisotopic (exact) mass is 266 g/mol. The lowest BCUT2D eigenvalue weighted by molar-refractivity contribution is 0.0827. The molecular weight excluding hydrogens is 248 g/mol. The number of anilines is 1. The number of benzene rings is 1. The molecular formula is C14H19ClN2O. The van der Waals surface area contributed by atoms with Crippen LogP contribution in [-0.2, 0) is 0 Å². The van der Waals surface area contributed by atoms with E-state index in [1.54, 1.807) is 31.1 Å². The van der Waals surface area contributed by atoms with Crippen molar-refractivity contribution in [1.82, 2.24) is 4.90 Å². The summed E-state index contributed by atoms with van der Waals surface area (Å²) in [6, 6.07) is 5.38. The molecule has 4 heteroatoms. The van der Waals surface area contributed by atoms with Crippen molar-refractivity contribution < 1.29 is 4.79 Å². The zero-order valence-electron chi connectivity index (χ0n) is 10.9. The Hall–Kier alpha value is -1.22. The Morgan fingerprint density at radius 1 is 1.44 bits per heavy atom. The van der Waals surface area contributed by atoms with E-state index in [1.807, 2.05) is 6.07 Å². The van der Waals surface area contributed by atoms with Gasteiger partial charge in [-0.1, -0.05) is 18.0 Å². The molecule has 0 heterocycles. The van der Waals surface area contributed by atoms with Gasteiger partial charge in [-0.3, -0.25) is 4.79 Å². The zero-order chi connectivity index (χ0) is 13.1. The van der Waals surface area contributed by atoms with Crippen LogP contribution in [0.3, 0.4) is 0 Å². The normalized spacial score (nSPS) is 15.1. The van der Waals surface area contributed by atoms with E-state index in [2.05, 4.69) is 5.32 Å². The van der Waals surface area contributed by atoms with Gasteiger partial charge in [-0.25, -0.2) is 0 Å². The molecule has 0 aliphatic heterocycles. The summed E-state index contributed by atoms with van der Waals surface area (Å²) in [5.41, 5.74) is 1.52. The van der Waals surface area contributed by atoms with Gasteiger partial charge in [0.15, 0.2) is 0 Å². The number of nitrogens with zero attached hydrogens (tertiary/aromatic N) is 1. The Morgan fingerprint density at radius 3 is 2.72 bits per heavy atom. The van der Waals surface area contributed by atoms with Crippen LogP contribution in [0.15, 0.2) is 18.2 Å². The lowest BCUT2D eigenvalue weighted by Crippen LogP contribution is -2.23. The molecule has 0 bridgehead atoms. The first-order valence-corrected chi connectivity index (χ1v) is 6.71. The molecule has 2 rings (SSSR count). The van der Waals surface area contributed by atoms with Gasteiger partial charge in [0.2, 0.25) is 0 Å². The van der Waals surface area contributed by atoms with Crippen LogP contribution in [0.25, 0.3) is 0 Å². The highest BCUT2D eigenvalue weighted by Gasteiger charge is 2.17. The largest absolute Gasteiger partial charge is 0.384 e. The van der Waals surface area contributed by atoms with Gasteiger partial charge >= 0.3 is 0 Å². The standard InChI is InChI=1S/C14H19ClN2O/c1-17(2)14(18)11-6-7-12(15)13(8-11)16-9-10-4-3-5-10/h6-8,10,16H,3-5,9H2,1-2H3. The number of hydrogen-bond donors (Lipinski definition) is 1. The minimum atomic E-state index is -0.00152. The van der Waals surface area contributed by atoms with E-state index >= 15 is 0 Å². The highest BCUT2D eigenvalue weighted by Crippen LogP contribution is 2.29. The van der Waals surface area contributed by atoms with Crippen LogP contribution in [0.2, 0.25) is 5.02 Å². The summed E-state index contributed by atoms with van der Waals surface area (Å²) >= 11 is 6.14. The second kappa shape index (κ2) is 5.61. The number of carbonyl (C=O) groups excluding carboxylic acids is 1. The first-order valence-electron chi connectivity index (χ1n) is 6.33. The van der Waals surface area contributed by atoms with E-state index in [4.69, 9.17) is 11.6 Å². The highest BCUT2D eigenvalue weighted by atomic mass is 35.5.